The van der Waals surface area contributed by atoms with Crippen molar-refractivity contribution in [3.8, 4) is 0 Å². The van der Waals surface area contributed by atoms with Crippen LogP contribution in [0.1, 0.15) is 44.4 Å². The van der Waals surface area contributed by atoms with Crippen LogP contribution in [-0.2, 0) is 13.3 Å². The van der Waals surface area contributed by atoms with Crippen LogP contribution in [0.15, 0.2) is 24.3 Å². The summed E-state index contributed by atoms with van der Waals surface area (Å²) in [6.45, 7) is 12.1. The summed E-state index contributed by atoms with van der Waals surface area (Å²) < 4.78 is 17.9. The van der Waals surface area contributed by atoms with Crippen molar-refractivity contribution in [3.63, 3.8) is 0 Å². The first kappa shape index (κ1) is 16.4. The van der Waals surface area contributed by atoms with Crippen LogP contribution in [0.2, 0.25) is 0 Å². The second kappa shape index (κ2) is 7.80. The van der Waals surface area contributed by atoms with E-state index in [1.807, 2.05) is 20.8 Å². The number of hydrogen-bond acceptors (Lipinski definition) is 3. The monoisotopic (exact) mass is 282 g/mol. The van der Waals surface area contributed by atoms with E-state index in [1.165, 1.54) is 11.1 Å². The highest BCUT2D eigenvalue weighted by atomic mass is 28.4. The third kappa shape index (κ3) is 3.89. The van der Waals surface area contributed by atoms with E-state index in [9.17, 15) is 0 Å². The van der Waals surface area contributed by atoms with Gasteiger partial charge in [-0.3, -0.25) is 0 Å². The Balaban J connectivity index is 3.11. The van der Waals surface area contributed by atoms with Crippen LogP contribution in [0, 0.1) is 6.92 Å². The maximum Gasteiger partial charge on any atom is 0.508 e. The first-order valence-corrected chi connectivity index (χ1v) is 8.88. The average Bonchev–Trinajstić information content (AvgIpc) is 2.39. The maximum absolute atomic E-state index is 5.98. The molecule has 0 amide bonds. The molecule has 0 bridgehead atoms. The van der Waals surface area contributed by atoms with Crippen molar-refractivity contribution in [3.05, 3.63) is 35.4 Å². The van der Waals surface area contributed by atoms with E-state index < -0.39 is 8.80 Å². The first-order chi connectivity index (χ1) is 9.11. The molecule has 1 aromatic rings. The fourth-order valence-corrected chi connectivity index (χ4v) is 5.28. The SMILES string of the molecule is CCO[Si](OCC)(OCC)C(C)c1ccccc1C. The Labute approximate surface area is 118 Å². The van der Waals surface area contributed by atoms with Crippen molar-refractivity contribution < 1.29 is 13.3 Å². The zero-order chi connectivity index (χ0) is 14.3. The second-order valence-electron chi connectivity index (χ2n) is 4.48. The third-order valence-corrected chi connectivity index (χ3v) is 6.67. The number of benzene rings is 1. The zero-order valence-electron chi connectivity index (χ0n) is 12.7. The molecule has 0 aromatic heterocycles. The molecule has 108 valence electrons. The molecule has 0 spiro atoms. The molecule has 19 heavy (non-hydrogen) atoms. The molecule has 0 saturated heterocycles. The van der Waals surface area contributed by atoms with Crippen LogP contribution >= 0.6 is 0 Å². The summed E-state index contributed by atoms with van der Waals surface area (Å²) in [7, 11) is -2.67. The number of aryl methyl sites for hydroxylation is 1. The Hall–Kier alpha value is -0.683. The lowest BCUT2D eigenvalue weighted by atomic mass is 10.1. The van der Waals surface area contributed by atoms with Crippen molar-refractivity contribution in [2.75, 3.05) is 19.8 Å². The molecule has 0 aliphatic rings. The lowest BCUT2D eigenvalue weighted by molar-refractivity contribution is 0.0633. The van der Waals surface area contributed by atoms with E-state index in [4.69, 9.17) is 13.3 Å². The molecule has 3 nitrogen and oxygen atoms in total. The van der Waals surface area contributed by atoms with Gasteiger partial charge >= 0.3 is 8.80 Å². The first-order valence-electron chi connectivity index (χ1n) is 7.08. The van der Waals surface area contributed by atoms with Gasteiger partial charge in [-0.15, -0.1) is 0 Å². The highest BCUT2D eigenvalue weighted by Crippen LogP contribution is 2.31. The largest absolute Gasteiger partial charge is 0.508 e. The van der Waals surface area contributed by atoms with E-state index in [2.05, 4.69) is 38.1 Å². The molecule has 0 fully saturated rings. The molecule has 1 aromatic carbocycles. The summed E-state index contributed by atoms with van der Waals surface area (Å²) in [6.07, 6.45) is 0. The van der Waals surface area contributed by atoms with Crippen LogP contribution in [0.3, 0.4) is 0 Å². The second-order valence-corrected chi connectivity index (χ2v) is 7.42. The number of rotatable bonds is 8. The minimum absolute atomic E-state index is 0.147. The molecule has 1 atom stereocenters. The summed E-state index contributed by atoms with van der Waals surface area (Å²) in [5, 5.41) is 0. The molecular formula is C15H26O3Si. The Kier molecular flexibility index (Phi) is 6.72. The fourth-order valence-electron chi connectivity index (χ4n) is 2.37. The van der Waals surface area contributed by atoms with Gasteiger partial charge in [-0.05, 0) is 38.8 Å². The lowest BCUT2D eigenvalue weighted by Gasteiger charge is -2.34. The summed E-state index contributed by atoms with van der Waals surface area (Å²) >= 11 is 0. The van der Waals surface area contributed by atoms with Gasteiger partial charge in [0.2, 0.25) is 0 Å². The third-order valence-electron chi connectivity index (χ3n) is 3.22. The van der Waals surface area contributed by atoms with Gasteiger partial charge in [0.25, 0.3) is 0 Å². The predicted octanol–water partition coefficient (Wildman–Crippen LogP) is 3.69. The van der Waals surface area contributed by atoms with E-state index in [0.29, 0.717) is 19.8 Å². The molecule has 0 radical (unpaired) electrons. The molecule has 1 unspecified atom stereocenters. The molecular weight excluding hydrogens is 256 g/mol. The van der Waals surface area contributed by atoms with E-state index in [1.54, 1.807) is 0 Å². The van der Waals surface area contributed by atoms with E-state index >= 15 is 0 Å². The normalized spacial score (nSPS) is 13.5. The van der Waals surface area contributed by atoms with Gasteiger partial charge < -0.3 is 13.3 Å². The molecule has 0 aliphatic carbocycles. The van der Waals surface area contributed by atoms with Crippen molar-refractivity contribution >= 4 is 8.80 Å². The quantitative estimate of drug-likeness (QED) is 0.681. The zero-order valence-corrected chi connectivity index (χ0v) is 13.7. The van der Waals surface area contributed by atoms with Gasteiger partial charge in [0.05, 0.1) is 5.54 Å². The van der Waals surface area contributed by atoms with Crippen molar-refractivity contribution in [1.29, 1.82) is 0 Å². The summed E-state index contributed by atoms with van der Waals surface area (Å²) in [5.41, 5.74) is 2.66. The lowest BCUT2D eigenvalue weighted by Crippen LogP contribution is -2.51. The Morgan fingerprint density at radius 2 is 1.42 bits per heavy atom. The van der Waals surface area contributed by atoms with Gasteiger partial charge in [-0.1, -0.05) is 31.2 Å². The minimum Gasteiger partial charge on any atom is -0.373 e. The Bertz CT molecular complexity index is 364. The molecule has 4 heteroatoms. The molecule has 0 N–H and O–H groups in total. The van der Waals surface area contributed by atoms with Crippen LogP contribution in [0.5, 0.6) is 0 Å². The van der Waals surface area contributed by atoms with Gasteiger partial charge in [-0.2, -0.15) is 0 Å². The minimum atomic E-state index is -2.67. The molecule has 0 saturated carbocycles. The summed E-state index contributed by atoms with van der Waals surface area (Å²) in [4.78, 5) is 0. The molecule has 0 heterocycles. The highest BCUT2D eigenvalue weighted by molar-refractivity contribution is 6.62. The van der Waals surface area contributed by atoms with Crippen molar-refractivity contribution in [2.45, 2.75) is 40.2 Å². The van der Waals surface area contributed by atoms with Crippen LogP contribution in [0.4, 0.5) is 0 Å². The standard InChI is InChI=1S/C15H26O3Si/c1-6-16-19(17-7-2,18-8-3)14(5)15-12-10-9-11-13(15)4/h9-12,14H,6-8H2,1-5H3. The van der Waals surface area contributed by atoms with Gasteiger partial charge in [0.15, 0.2) is 0 Å². The van der Waals surface area contributed by atoms with E-state index in [0.717, 1.165) is 0 Å². The van der Waals surface area contributed by atoms with Gasteiger partial charge in [0, 0.05) is 19.8 Å². The molecule has 1 rings (SSSR count). The van der Waals surface area contributed by atoms with E-state index in [-0.39, 0.29) is 5.54 Å². The van der Waals surface area contributed by atoms with Crippen LogP contribution < -0.4 is 0 Å². The molecule has 0 aliphatic heterocycles. The highest BCUT2D eigenvalue weighted by Gasteiger charge is 2.47. The van der Waals surface area contributed by atoms with Crippen molar-refractivity contribution in [2.24, 2.45) is 0 Å². The fraction of sp³-hybridized carbons (Fsp3) is 0.600. The number of hydrogen-bond donors (Lipinski definition) is 0. The Morgan fingerprint density at radius 3 is 1.84 bits per heavy atom. The van der Waals surface area contributed by atoms with Gasteiger partial charge in [-0.25, -0.2) is 0 Å². The predicted molar refractivity (Wildman–Crippen MR) is 80.2 cm³/mol. The van der Waals surface area contributed by atoms with Crippen LogP contribution in [-0.4, -0.2) is 28.6 Å². The maximum atomic E-state index is 5.98. The smallest absolute Gasteiger partial charge is 0.373 e. The van der Waals surface area contributed by atoms with Crippen molar-refractivity contribution in [1.82, 2.24) is 0 Å². The summed E-state index contributed by atoms with van der Waals surface area (Å²) in [5.74, 6) is 0. The van der Waals surface area contributed by atoms with Gasteiger partial charge in [0.1, 0.15) is 0 Å². The topological polar surface area (TPSA) is 27.7 Å². The summed E-state index contributed by atoms with van der Waals surface area (Å²) in [6, 6.07) is 8.37. The average molecular weight is 282 g/mol. The Morgan fingerprint density at radius 1 is 0.947 bits per heavy atom. The van der Waals surface area contributed by atoms with Crippen LogP contribution in [0.25, 0.3) is 0 Å².